The first-order valence-corrected chi connectivity index (χ1v) is 12.4. The Morgan fingerprint density at radius 3 is 2.97 bits per heavy atom. The third-order valence-corrected chi connectivity index (χ3v) is 6.34. The van der Waals surface area contributed by atoms with Crippen LogP contribution < -0.4 is 5.32 Å². The number of hydrogen-bond donors (Lipinski definition) is 1. The van der Waals surface area contributed by atoms with Crippen molar-refractivity contribution < 1.29 is 9.53 Å². The lowest BCUT2D eigenvalue weighted by atomic mass is 10.2. The molecule has 1 fully saturated rings. The van der Waals surface area contributed by atoms with Crippen LogP contribution >= 0.6 is 11.8 Å². The minimum absolute atomic E-state index is 0.0375. The summed E-state index contributed by atoms with van der Waals surface area (Å²) in [5.74, 6) is 0.836. The van der Waals surface area contributed by atoms with Gasteiger partial charge in [-0.05, 0) is 18.4 Å². The Labute approximate surface area is 193 Å². The molecular weight excluding hydrogens is 424 g/mol. The second kappa shape index (κ2) is 10.6. The molecule has 3 aromatic rings. The Morgan fingerprint density at radius 1 is 1.31 bits per heavy atom. The molecule has 1 unspecified atom stereocenters. The zero-order chi connectivity index (χ0) is 22.5. The number of ether oxygens (including phenoxy) is 1. The summed E-state index contributed by atoms with van der Waals surface area (Å²) in [6.45, 7) is 11.6. The molecule has 172 valence electrons. The second-order valence-corrected chi connectivity index (χ2v) is 9.62. The van der Waals surface area contributed by atoms with E-state index in [1.165, 1.54) is 11.8 Å². The first-order chi connectivity index (χ1) is 15.5. The predicted octanol–water partition coefficient (Wildman–Crippen LogP) is 2.95. The van der Waals surface area contributed by atoms with Crippen LogP contribution in [0.5, 0.6) is 0 Å². The fourth-order valence-corrected chi connectivity index (χ4v) is 4.81. The first-order valence-electron chi connectivity index (χ1n) is 11.4. The Morgan fingerprint density at radius 2 is 2.16 bits per heavy atom. The normalized spacial score (nSPS) is 17.4. The largest absolute Gasteiger partial charge is 0.374 e. The Kier molecular flexibility index (Phi) is 7.59. The highest BCUT2D eigenvalue weighted by molar-refractivity contribution is 7.99. The van der Waals surface area contributed by atoms with Crippen molar-refractivity contribution in [2.24, 2.45) is 5.92 Å². The summed E-state index contributed by atoms with van der Waals surface area (Å²) in [4.78, 5) is 19.5. The number of thioether (sulfide) groups is 1. The third-order valence-electron chi connectivity index (χ3n) is 5.51. The average Bonchev–Trinajstić information content (AvgIpc) is 3.09. The number of benzene rings is 1. The summed E-state index contributed by atoms with van der Waals surface area (Å²) < 4.78 is 8.00. The zero-order valence-corrected chi connectivity index (χ0v) is 19.9. The number of carbonyl (C=O) groups excluding carboxylic acids is 1. The number of fused-ring (bicyclic) bond motifs is 3. The molecule has 2 aromatic heterocycles. The Bertz CT molecular complexity index is 1070. The van der Waals surface area contributed by atoms with Gasteiger partial charge in [-0.25, -0.2) is 4.98 Å². The number of nitrogens with one attached hydrogen (secondary N) is 1. The molecule has 1 aliphatic rings. The van der Waals surface area contributed by atoms with Gasteiger partial charge >= 0.3 is 0 Å². The van der Waals surface area contributed by atoms with Crippen molar-refractivity contribution in [3.05, 3.63) is 24.3 Å². The van der Waals surface area contributed by atoms with E-state index in [4.69, 9.17) is 9.72 Å². The number of aromatic nitrogens is 4. The van der Waals surface area contributed by atoms with Crippen molar-refractivity contribution in [1.82, 2.24) is 30.0 Å². The van der Waals surface area contributed by atoms with Crippen molar-refractivity contribution in [1.29, 1.82) is 0 Å². The van der Waals surface area contributed by atoms with Crippen molar-refractivity contribution in [2.75, 3.05) is 38.5 Å². The number of carbonyl (C=O) groups is 1. The maximum Gasteiger partial charge on any atom is 0.230 e. The molecule has 3 heterocycles. The van der Waals surface area contributed by atoms with Gasteiger partial charge in [-0.2, -0.15) is 0 Å². The van der Waals surface area contributed by atoms with Crippen LogP contribution in [0.4, 0.5) is 0 Å². The molecule has 1 atom stereocenters. The van der Waals surface area contributed by atoms with E-state index in [-0.39, 0.29) is 17.8 Å². The van der Waals surface area contributed by atoms with Gasteiger partial charge < -0.3 is 14.6 Å². The van der Waals surface area contributed by atoms with Crippen LogP contribution in [0.25, 0.3) is 22.1 Å². The van der Waals surface area contributed by atoms with Crippen LogP contribution in [0.3, 0.4) is 0 Å². The summed E-state index contributed by atoms with van der Waals surface area (Å²) >= 11 is 1.31. The molecule has 0 spiro atoms. The maximum atomic E-state index is 12.4. The molecule has 0 bridgehead atoms. The van der Waals surface area contributed by atoms with Crippen LogP contribution in [0.1, 0.15) is 27.2 Å². The van der Waals surface area contributed by atoms with Gasteiger partial charge in [0, 0.05) is 38.1 Å². The number of morpholine rings is 1. The monoisotopic (exact) mass is 456 g/mol. The summed E-state index contributed by atoms with van der Waals surface area (Å²) in [5.41, 5.74) is 2.75. The molecule has 8 nitrogen and oxygen atoms in total. The lowest BCUT2D eigenvalue weighted by Crippen LogP contribution is -2.48. The first kappa shape index (κ1) is 22.9. The fraction of sp³-hybridized carbons (Fsp3) is 0.565. The number of para-hydroxylation sites is 1. The molecule has 1 amide bonds. The molecule has 1 saturated heterocycles. The highest BCUT2D eigenvalue weighted by atomic mass is 32.2. The van der Waals surface area contributed by atoms with E-state index in [2.05, 4.69) is 57.9 Å². The van der Waals surface area contributed by atoms with Crippen LogP contribution in [-0.2, 0) is 16.1 Å². The standard InChI is InChI=1S/C23H32N6O2S/c1-4-9-29-19-8-6-5-7-18(19)21-22(29)25-23(27-26-21)32-15-20(30)24-12-17-14-28(10-11-31-17)13-16(2)3/h5-8,16-17H,4,9-15H2,1-3H3,(H,24,30). The molecule has 1 aliphatic heterocycles. The zero-order valence-electron chi connectivity index (χ0n) is 19.1. The van der Waals surface area contributed by atoms with Gasteiger partial charge in [0.1, 0.15) is 5.52 Å². The second-order valence-electron chi connectivity index (χ2n) is 8.67. The van der Waals surface area contributed by atoms with E-state index in [1.54, 1.807) is 0 Å². The highest BCUT2D eigenvalue weighted by Crippen LogP contribution is 2.27. The van der Waals surface area contributed by atoms with Gasteiger partial charge in [0.2, 0.25) is 11.1 Å². The van der Waals surface area contributed by atoms with Crippen molar-refractivity contribution in [3.63, 3.8) is 0 Å². The molecule has 4 rings (SSSR count). The van der Waals surface area contributed by atoms with Crippen LogP contribution in [0.2, 0.25) is 0 Å². The number of rotatable bonds is 9. The topological polar surface area (TPSA) is 85.2 Å². The number of hydrogen-bond acceptors (Lipinski definition) is 7. The van der Waals surface area contributed by atoms with E-state index in [0.29, 0.717) is 24.2 Å². The summed E-state index contributed by atoms with van der Waals surface area (Å²) in [6, 6.07) is 8.17. The maximum absolute atomic E-state index is 12.4. The van der Waals surface area contributed by atoms with Gasteiger partial charge in [-0.1, -0.05) is 50.7 Å². The van der Waals surface area contributed by atoms with Gasteiger partial charge in [-0.3, -0.25) is 9.69 Å². The quantitative estimate of drug-likeness (QED) is 0.496. The molecule has 0 radical (unpaired) electrons. The number of amides is 1. The minimum Gasteiger partial charge on any atom is -0.374 e. The highest BCUT2D eigenvalue weighted by Gasteiger charge is 2.21. The van der Waals surface area contributed by atoms with E-state index in [9.17, 15) is 4.79 Å². The van der Waals surface area contributed by atoms with E-state index >= 15 is 0 Å². The van der Waals surface area contributed by atoms with E-state index < -0.39 is 0 Å². The van der Waals surface area contributed by atoms with E-state index in [0.717, 1.165) is 54.7 Å². The Hall–Kier alpha value is -2.23. The Balaban J connectivity index is 1.35. The molecule has 0 aliphatic carbocycles. The smallest absolute Gasteiger partial charge is 0.230 e. The van der Waals surface area contributed by atoms with Crippen molar-refractivity contribution in [2.45, 2.75) is 45.0 Å². The summed E-state index contributed by atoms with van der Waals surface area (Å²) in [5, 5.41) is 13.3. The van der Waals surface area contributed by atoms with Gasteiger partial charge in [0.25, 0.3) is 0 Å². The van der Waals surface area contributed by atoms with Gasteiger partial charge in [0.15, 0.2) is 5.65 Å². The number of nitrogens with zero attached hydrogens (tertiary/aromatic N) is 5. The average molecular weight is 457 g/mol. The van der Waals surface area contributed by atoms with Crippen molar-refractivity contribution >= 4 is 39.7 Å². The summed E-state index contributed by atoms with van der Waals surface area (Å²) in [6.07, 6.45) is 1.04. The lowest BCUT2D eigenvalue weighted by molar-refractivity contribution is -0.119. The molecule has 1 N–H and O–H groups in total. The number of aryl methyl sites for hydroxylation is 1. The summed E-state index contributed by atoms with van der Waals surface area (Å²) in [7, 11) is 0. The minimum atomic E-state index is -0.0441. The third kappa shape index (κ3) is 5.39. The molecular formula is C23H32N6O2S. The molecule has 0 saturated carbocycles. The molecule has 1 aromatic carbocycles. The van der Waals surface area contributed by atoms with Crippen LogP contribution in [-0.4, -0.2) is 75.2 Å². The predicted molar refractivity (Wildman–Crippen MR) is 128 cm³/mol. The molecule has 32 heavy (non-hydrogen) atoms. The fourth-order valence-electron chi connectivity index (χ4n) is 4.20. The lowest BCUT2D eigenvalue weighted by Gasteiger charge is -2.33. The van der Waals surface area contributed by atoms with Crippen LogP contribution in [0.15, 0.2) is 29.4 Å². The van der Waals surface area contributed by atoms with Crippen molar-refractivity contribution in [3.8, 4) is 0 Å². The molecule has 9 heteroatoms. The van der Waals surface area contributed by atoms with Gasteiger partial charge in [-0.15, -0.1) is 10.2 Å². The van der Waals surface area contributed by atoms with E-state index in [1.807, 2.05) is 12.1 Å². The van der Waals surface area contributed by atoms with Crippen LogP contribution in [0, 0.1) is 5.92 Å². The SMILES string of the molecule is CCCn1c2ccccc2c2nnc(SCC(=O)NCC3CN(CC(C)C)CCO3)nc21. The van der Waals surface area contributed by atoms with Gasteiger partial charge in [0.05, 0.1) is 24.0 Å².